The summed E-state index contributed by atoms with van der Waals surface area (Å²) in [6, 6.07) is 50.5. The summed E-state index contributed by atoms with van der Waals surface area (Å²) in [5.41, 5.74) is 18.7. The van der Waals surface area contributed by atoms with E-state index in [0.717, 1.165) is 25.7 Å². The molecule has 8 rings (SSSR count). The highest BCUT2D eigenvalue weighted by atomic mass is 14.2. The van der Waals surface area contributed by atoms with Crippen LogP contribution in [0.15, 0.2) is 133 Å². The quantitative estimate of drug-likeness (QED) is 0.191. The van der Waals surface area contributed by atoms with Gasteiger partial charge in [0.2, 0.25) is 0 Å². The molecule has 0 fully saturated rings. The highest BCUT2D eigenvalue weighted by Gasteiger charge is 2.19. The Morgan fingerprint density at radius 3 is 1.65 bits per heavy atom. The smallest absolute Gasteiger partial charge is 0.00964 e. The lowest BCUT2D eigenvalue weighted by Crippen LogP contribution is -1.99. The molecule has 0 heteroatoms. The average Bonchev–Trinajstić information content (AvgIpc) is 3.03. The van der Waals surface area contributed by atoms with Gasteiger partial charge in [0.25, 0.3) is 0 Å². The monoisotopic (exact) mass is 510 g/mol. The zero-order valence-corrected chi connectivity index (χ0v) is 22.5. The standard InChI is InChI=1S/C40H30/c1-2-12-35-29(8-1)19-20-30-18-17-28-16-15-27-7-5-9-31(23-27)36-13-3-4-14-37(36)34-21-22-38(40(26-34)39(30)24-28)33-11-6-10-32(35)25-33/h1-14,17-18,21-26H,15-16,19-20H2. The fourth-order valence-corrected chi connectivity index (χ4v) is 6.75. The lowest BCUT2D eigenvalue weighted by Gasteiger charge is -2.18. The molecule has 0 radical (unpaired) electrons. The first kappa shape index (κ1) is 23.2. The summed E-state index contributed by atoms with van der Waals surface area (Å²) in [5, 5.41) is 0. The second-order valence-corrected chi connectivity index (χ2v) is 11.2. The minimum Gasteiger partial charge on any atom is -0.0620 e. The molecule has 0 atom stereocenters. The van der Waals surface area contributed by atoms with Gasteiger partial charge in [-0.3, -0.25) is 0 Å². The number of aryl methyl sites for hydroxylation is 4. The number of hydrogen-bond donors (Lipinski definition) is 0. The molecule has 0 saturated carbocycles. The van der Waals surface area contributed by atoms with Crippen LogP contribution in [0, 0.1) is 0 Å². The van der Waals surface area contributed by atoms with E-state index >= 15 is 0 Å². The van der Waals surface area contributed by atoms with Gasteiger partial charge in [-0.25, -0.2) is 0 Å². The second kappa shape index (κ2) is 9.50. The SMILES string of the molecule is c1cc2cc(c1)-c1ccccc1-c1ccc3c(c1)-c1cc(ccc1CCc1ccccc1-c1cccc-3c1)CC2. The van der Waals surface area contributed by atoms with Gasteiger partial charge in [0.1, 0.15) is 0 Å². The highest BCUT2D eigenvalue weighted by Crippen LogP contribution is 2.42. The molecule has 0 heterocycles. The van der Waals surface area contributed by atoms with Crippen molar-refractivity contribution in [3.63, 3.8) is 0 Å². The fourth-order valence-electron chi connectivity index (χ4n) is 6.75. The van der Waals surface area contributed by atoms with Crippen molar-refractivity contribution in [1.82, 2.24) is 0 Å². The third-order valence-electron chi connectivity index (χ3n) is 8.83. The molecule has 8 bridgehead atoms. The minimum atomic E-state index is 1.02. The number of rotatable bonds is 0. The zero-order chi connectivity index (χ0) is 26.5. The summed E-state index contributed by atoms with van der Waals surface area (Å²) in [6.07, 6.45) is 4.11. The Morgan fingerprint density at radius 2 is 0.850 bits per heavy atom. The van der Waals surface area contributed by atoms with E-state index in [1.165, 1.54) is 77.9 Å². The third-order valence-corrected chi connectivity index (χ3v) is 8.83. The predicted octanol–water partition coefficient (Wildman–Crippen LogP) is 10.2. The topological polar surface area (TPSA) is 0 Å². The van der Waals surface area contributed by atoms with Gasteiger partial charge < -0.3 is 0 Å². The van der Waals surface area contributed by atoms with Crippen LogP contribution in [-0.2, 0) is 25.7 Å². The molecule has 0 N–H and O–H groups in total. The predicted molar refractivity (Wildman–Crippen MR) is 168 cm³/mol. The van der Waals surface area contributed by atoms with E-state index in [9.17, 15) is 0 Å². The Hall–Kier alpha value is -4.68. The zero-order valence-electron chi connectivity index (χ0n) is 22.5. The average molecular weight is 511 g/mol. The van der Waals surface area contributed by atoms with Gasteiger partial charge >= 0.3 is 0 Å². The minimum absolute atomic E-state index is 1.02. The van der Waals surface area contributed by atoms with E-state index in [4.69, 9.17) is 0 Å². The fraction of sp³-hybridized carbons (Fsp3) is 0.100. The largest absolute Gasteiger partial charge is 0.0620 e. The molecule has 2 aliphatic carbocycles. The molecule has 0 spiro atoms. The van der Waals surface area contributed by atoms with Crippen molar-refractivity contribution >= 4 is 0 Å². The molecule has 6 aromatic carbocycles. The Kier molecular flexibility index (Phi) is 5.52. The Bertz CT molecular complexity index is 1900. The molecule has 2 aliphatic rings. The van der Waals surface area contributed by atoms with Crippen LogP contribution in [0.25, 0.3) is 55.6 Å². The summed E-state index contributed by atoms with van der Waals surface area (Å²) in [7, 11) is 0. The maximum Gasteiger partial charge on any atom is -0.00964 e. The molecule has 0 aliphatic heterocycles. The first-order valence-corrected chi connectivity index (χ1v) is 14.4. The number of benzene rings is 6. The molecule has 6 aromatic rings. The van der Waals surface area contributed by atoms with Crippen molar-refractivity contribution in [3.05, 3.63) is 156 Å². The Labute approximate surface area is 236 Å². The van der Waals surface area contributed by atoms with Gasteiger partial charge in [0.05, 0.1) is 0 Å². The highest BCUT2D eigenvalue weighted by molar-refractivity contribution is 5.92. The van der Waals surface area contributed by atoms with Crippen molar-refractivity contribution in [2.45, 2.75) is 25.7 Å². The summed E-state index contributed by atoms with van der Waals surface area (Å²) < 4.78 is 0. The van der Waals surface area contributed by atoms with Gasteiger partial charge in [0, 0.05) is 0 Å². The molecular formula is C40H30. The van der Waals surface area contributed by atoms with Crippen molar-refractivity contribution < 1.29 is 0 Å². The van der Waals surface area contributed by atoms with Crippen LogP contribution in [0.1, 0.15) is 22.3 Å². The first-order chi connectivity index (χ1) is 19.8. The maximum atomic E-state index is 2.49. The number of hydrogen-bond acceptors (Lipinski definition) is 0. The van der Waals surface area contributed by atoms with E-state index in [2.05, 4.69) is 133 Å². The summed E-state index contributed by atoms with van der Waals surface area (Å²) in [6.45, 7) is 0. The molecule has 0 amide bonds. The lowest BCUT2D eigenvalue weighted by molar-refractivity contribution is 0.943. The third kappa shape index (κ3) is 4.00. The van der Waals surface area contributed by atoms with Gasteiger partial charge in [-0.05, 0) is 116 Å². The number of fused-ring (bicyclic) bond motifs is 12. The van der Waals surface area contributed by atoms with Crippen molar-refractivity contribution in [2.75, 3.05) is 0 Å². The van der Waals surface area contributed by atoms with E-state index in [1.807, 2.05) is 0 Å². The van der Waals surface area contributed by atoms with E-state index in [1.54, 1.807) is 0 Å². The van der Waals surface area contributed by atoms with Gasteiger partial charge in [-0.1, -0.05) is 121 Å². The van der Waals surface area contributed by atoms with Gasteiger partial charge in [-0.15, -0.1) is 0 Å². The van der Waals surface area contributed by atoms with E-state index in [-0.39, 0.29) is 0 Å². The van der Waals surface area contributed by atoms with Crippen LogP contribution in [0.4, 0.5) is 0 Å². The van der Waals surface area contributed by atoms with Crippen LogP contribution in [0.5, 0.6) is 0 Å². The molecule has 0 aromatic heterocycles. The van der Waals surface area contributed by atoms with Crippen LogP contribution < -0.4 is 0 Å². The van der Waals surface area contributed by atoms with Crippen LogP contribution in [0.2, 0.25) is 0 Å². The molecule has 190 valence electrons. The van der Waals surface area contributed by atoms with E-state index in [0.29, 0.717) is 0 Å². The van der Waals surface area contributed by atoms with Crippen LogP contribution in [0.3, 0.4) is 0 Å². The van der Waals surface area contributed by atoms with Crippen molar-refractivity contribution in [2.24, 2.45) is 0 Å². The first-order valence-electron chi connectivity index (χ1n) is 14.4. The maximum absolute atomic E-state index is 2.49. The van der Waals surface area contributed by atoms with Crippen molar-refractivity contribution in [3.8, 4) is 55.6 Å². The summed E-state index contributed by atoms with van der Waals surface area (Å²) in [4.78, 5) is 0. The molecular weight excluding hydrogens is 480 g/mol. The van der Waals surface area contributed by atoms with Gasteiger partial charge in [-0.2, -0.15) is 0 Å². The van der Waals surface area contributed by atoms with Crippen LogP contribution >= 0.6 is 0 Å². The second-order valence-electron chi connectivity index (χ2n) is 11.2. The molecule has 0 nitrogen and oxygen atoms in total. The Morgan fingerprint density at radius 1 is 0.275 bits per heavy atom. The van der Waals surface area contributed by atoms with Crippen molar-refractivity contribution in [1.29, 1.82) is 0 Å². The summed E-state index contributed by atoms with van der Waals surface area (Å²) >= 11 is 0. The lowest BCUT2D eigenvalue weighted by atomic mass is 9.86. The van der Waals surface area contributed by atoms with Crippen LogP contribution in [-0.4, -0.2) is 0 Å². The Balaban J connectivity index is 1.44. The molecule has 40 heavy (non-hydrogen) atoms. The molecule has 0 saturated heterocycles. The normalized spacial score (nSPS) is 13.1. The summed E-state index contributed by atoms with van der Waals surface area (Å²) in [5.74, 6) is 0. The van der Waals surface area contributed by atoms with Gasteiger partial charge in [0.15, 0.2) is 0 Å². The van der Waals surface area contributed by atoms with E-state index < -0.39 is 0 Å². The molecule has 0 unspecified atom stereocenters.